The Morgan fingerprint density at radius 2 is 2.29 bits per heavy atom. The predicted molar refractivity (Wildman–Crippen MR) is 32.0 cm³/mol. The Bertz CT molecular complexity index is 32.1. The van der Waals surface area contributed by atoms with Crippen molar-refractivity contribution in [1.82, 2.24) is 0 Å². The van der Waals surface area contributed by atoms with Crippen LogP contribution in [-0.4, -0.2) is 22.7 Å². The Balaban J connectivity index is 2.45. The molecule has 0 unspecified atom stereocenters. The van der Waals surface area contributed by atoms with E-state index in [0.29, 0.717) is 0 Å². The Kier molecular flexibility index (Phi) is 6.82. The maximum Gasteiger partial charge on any atom is 0.305 e. The SMILES string of the molecule is CCO[SiH2]OCCl. The van der Waals surface area contributed by atoms with Gasteiger partial charge in [-0.25, -0.2) is 0 Å². The molecule has 0 saturated carbocycles. The minimum absolute atomic E-state index is 0.270. The zero-order valence-corrected chi connectivity index (χ0v) is 6.49. The van der Waals surface area contributed by atoms with Crippen molar-refractivity contribution < 1.29 is 8.85 Å². The molecule has 0 heterocycles. The fourth-order valence-electron chi connectivity index (χ4n) is 0.174. The summed E-state index contributed by atoms with van der Waals surface area (Å²) in [6, 6.07) is 0.270. The lowest BCUT2D eigenvalue weighted by Crippen LogP contribution is -2.01. The van der Waals surface area contributed by atoms with E-state index in [1.54, 1.807) is 0 Å². The first-order valence-electron chi connectivity index (χ1n) is 2.13. The lowest BCUT2D eigenvalue weighted by molar-refractivity contribution is 0.260. The summed E-state index contributed by atoms with van der Waals surface area (Å²) in [7, 11) is -0.721. The average molecular weight is 141 g/mol. The quantitative estimate of drug-likeness (QED) is 0.316. The van der Waals surface area contributed by atoms with Crippen LogP contribution in [0.1, 0.15) is 6.92 Å². The van der Waals surface area contributed by atoms with Gasteiger partial charge in [0.05, 0.1) is 0 Å². The third kappa shape index (κ3) is 6.43. The van der Waals surface area contributed by atoms with E-state index < -0.39 is 10.0 Å². The minimum atomic E-state index is -0.721. The summed E-state index contributed by atoms with van der Waals surface area (Å²) >= 11 is 5.17. The van der Waals surface area contributed by atoms with Crippen LogP contribution in [-0.2, 0) is 8.85 Å². The highest BCUT2D eigenvalue weighted by Gasteiger charge is 1.80. The molecule has 0 radical (unpaired) electrons. The molecule has 0 N–H and O–H groups in total. The van der Waals surface area contributed by atoms with Crippen LogP contribution in [0.25, 0.3) is 0 Å². The van der Waals surface area contributed by atoms with Crippen LogP contribution in [0.3, 0.4) is 0 Å². The minimum Gasteiger partial charge on any atom is -0.399 e. The molecule has 0 aliphatic heterocycles. The maximum atomic E-state index is 5.17. The number of hydrogen-bond donors (Lipinski definition) is 0. The number of hydrogen-bond acceptors (Lipinski definition) is 2. The molecule has 0 atom stereocenters. The van der Waals surface area contributed by atoms with Crippen LogP contribution in [0.5, 0.6) is 0 Å². The summed E-state index contributed by atoms with van der Waals surface area (Å²) in [5.41, 5.74) is 0. The molecule has 0 bridgehead atoms. The molecule has 0 aromatic carbocycles. The third-order valence-electron chi connectivity index (χ3n) is 0.448. The normalized spacial score (nSPS) is 11.1. The Labute approximate surface area is 50.8 Å². The van der Waals surface area contributed by atoms with Gasteiger partial charge < -0.3 is 8.85 Å². The van der Waals surface area contributed by atoms with E-state index in [1.165, 1.54) is 0 Å². The molecule has 7 heavy (non-hydrogen) atoms. The first-order valence-corrected chi connectivity index (χ1v) is 3.82. The van der Waals surface area contributed by atoms with Crippen LogP contribution in [0.15, 0.2) is 0 Å². The van der Waals surface area contributed by atoms with Gasteiger partial charge in [-0.2, -0.15) is 0 Å². The molecule has 4 heteroatoms. The second kappa shape index (κ2) is 6.43. The number of halogens is 1. The summed E-state index contributed by atoms with van der Waals surface area (Å²) < 4.78 is 9.66. The third-order valence-corrected chi connectivity index (χ3v) is 1.81. The molecular weight excluding hydrogens is 132 g/mol. The van der Waals surface area contributed by atoms with E-state index in [9.17, 15) is 0 Å². The molecule has 0 fully saturated rings. The summed E-state index contributed by atoms with van der Waals surface area (Å²) in [6.45, 7) is 2.67. The molecule has 0 aromatic heterocycles. The van der Waals surface area contributed by atoms with Crippen molar-refractivity contribution in [3.63, 3.8) is 0 Å². The van der Waals surface area contributed by atoms with E-state index in [4.69, 9.17) is 20.5 Å². The lowest BCUT2D eigenvalue weighted by atomic mass is 10.9. The Morgan fingerprint density at radius 3 is 2.71 bits per heavy atom. The van der Waals surface area contributed by atoms with Crippen molar-refractivity contribution in [2.24, 2.45) is 0 Å². The van der Waals surface area contributed by atoms with Gasteiger partial charge in [0.25, 0.3) is 0 Å². The van der Waals surface area contributed by atoms with Gasteiger partial charge in [-0.3, -0.25) is 0 Å². The van der Waals surface area contributed by atoms with Crippen LogP contribution in [0.2, 0.25) is 0 Å². The highest BCUT2D eigenvalue weighted by Crippen LogP contribution is 1.76. The number of rotatable bonds is 4. The number of alkyl halides is 1. The fraction of sp³-hybridized carbons (Fsp3) is 1.00. The maximum absolute atomic E-state index is 5.17. The molecule has 2 nitrogen and oxygen atoms in total. The summed E-state index contributed by atoms with van der Waals surface area (Å²) in [5.74, 6) is 0. The molecule has 0 aromatic rings. The van der Waals surface area contributed by atoms with Gasteiger partial charge in [0.1, 0.15) is 6.07 Å². The molecule has 0 spiro atoms. The smallest absolute Gasteiger partial charge is 0.305 e. The summed E-state index contributed by atoms with van der Waals surface area (Å²) in [5, 5.41) is 0. The van der Waals surface area contributed by atoms with Gasteiger partial charge in [0.2, 0.25) is 0 Å². The van der Waals surface area contributed by atoms with Gasteiger partial charge in [-0.1, -0.05) is 11.6 Å². The average Bonchev–Trinajstić information content (AvgIpc) is 1.69. The van der Waals surface area contributed by atoms with Gasteiger partial charge in [-0.05, 0) is 6.92 Å². The monoisotopic (exact) mass is 140 g/mol. The Hall–Kier alpha value is 0.427. The van der Waals surface area contributed by atoms with Gasteiger partial charge in [-0.15, -0.1) is 0 Å². The molecule has 0 amide bonds. The van der Waals surface area contributed by atoms with Crippen LogP contribution in [0, 0.1) is 0 Å². The fourth-order valence-corrected chi connectivity index (χ4v) is 0.710. The summed E-state index contributed by atoms with van der Waals surface area (Å²) in [4.78, 5) is 0. The van der Waals surface area contributed by atoms with Crippen LogP contribution < -0.4 is 0 Å². The van der Waals surface area contributed by atoms with E-state index in [2.05, 4.69) is 0 Å². The Morgan fingerprint density at radius 1 is 1.57 bits per heavy atom. The zero-order valence-electron chi connectivity index (χ0n) is 4.32. The standard InChI is InChI=1S/C3H9ClO2Si/c1-2-5-7-6-3-4/h2-3,7H2,1H3. The van der Waals surface area contributed by atoms with E-state index in [1.807, 2.05) is 6.92 Å². The van der Waals surface area contributed by atoms with Gasteiger partial charge in [0.15, 0.2) is 0 Å². The molecule has 0 rings (SSSR count). The predicted octanol–water partition coefficient (Wildman–Crippen LogP) is 0.235. The first kappa shape index (κ1) is 7.43. The largest absolute Gasteiger partial charge is 0.399 e. The summed E-state index contributed by atoms with van der Waals surface area (Å²) in [6.07, 6.45) is 0. The molecular formula is C3H9ClO2Si. The first-order chi connectivity index (χ1) is 3.41. The molecule has 0 aliphatic rings. The van der Waals surface area contributed by atoms with Crippen molar-refractivity contribution >= 4 is 21.6 Å². The zero-order chi connectivity index (χ0) is 5.54. The molecule has 0 aliphatic carbocycles. The van der Waals surface area contributed by atoms with Crippen molar-refractivity contribution in [3.05, 3.63) is 0 Å². The highest BCUT2D eigenvalue weighted by atomic mass is 35.5. The van der Waals surface area contributed by atoms with E-state index >= 15 is 0 Å². The lowest BCUT2D eigenvalue weighted by Gasteiger charge is -1.95. The van der Waals surface area contributed by atoms with E-state index in [0.717, 1.165) is 6.61 Å². The van der Waals surface area contributed by atoms with E-state index in [-0.39, 0.29) is 6.07 Å². The van der Waals surface area contributed by atoms with Crippen LogP contribution >= 0.6 is 11.6 Å². The second-order valence-corrected chi connectivity index (χ2v) is 2.19. The second-order valence-electron chi connectivity index (χ2n) is 0.924. The van der Waals surface area contributed by atoms with Crippen molar-refractivity contribution in [2.75, 3.05) is 12.7 Å². The van der Waals surface area contributed by atoms with Gasteiger partial charge >= 0.3 is 10.0 Å². The molecule has 44 valence electrons. The van der Waals surface area contributed by atoms with Crippen molar-refractivity contribution in [1.29, 1.82) is 0 Å². The highest BCUT2D eigenvalue weighted by molar-refractivity contribution is 6.22. The van der Waals surface area contributed by atoms with Crippen molar-refractivity contribution in [2.45, 2.75) is 6.92 Å². The molecule has 0 saturated heterocycles. The van der Waals surface area contributed by atoms with Crippen LogP contribution in [0.4, 0.5) is 0 Å². The topological polar surface area (TPSA) is 18.5 Å². The van der Waals surface area contributed by atoms with Gasteiger partial charge in [0, 0.05) is 6.61 Å². The van der Waals surface area contributed by atoms with Crippen molar-refractivity contribution in [3.8, 4) is 0 Å².